The lowest BCUT2D eigenvalue weighted by Gasteiger charge is -2.54. The molecule has 3 rings (SSSR count). The summed E-state index contributed by atoms with van der Waals surface area (Å²) in [6, 6.07) is 0. The van der Waals surface area contributed by atoms with Crippen LogP contribution in [0.3, 0.4) is 0 Å². The van der Waals surface area contributed by atoms with Crippen molar-refractivity contribution in [3.8, 4) is 0 Å². The van der Waals surface area contributed by atoms with Gasteiger partial charge in [-0.25, -0.2) is 0 Å². The van der Waals surface area contributed by atoms with Crippen LogP contribution in [0.25, 0.3) is 0 Å². The van der Waals surface area contributed by atoms with Crippen LogP contribution in [-0.4, -0.2) is 11.3 Å². The molecule has 0 nitrogen and oxygen atoms in total. The second-order valence-electron chi connectivity index (χ2n) is 7.12. The van der Waals surface area contributed by atoms with Crippen molar-refractivity contribution in [1.82, 2.24) is 0 Å². The van der Waals surface area contributed by atoms with Gasteiger partial charge in [0.05, 0.1) is 0 Å². The molecular formula is C18H32P-. The largest absolute Gasteiger partial charge is 0.287 e. The average Bonchev–Trinajstić information content (AvgIpc) is 2.51. The molecule has 19 heavy (non-hydrogen) atoms. The summed E-state index contributed by atoms with van der Waals surface area (Å²) in [5, 5.41) is 0. The van der Waals surface area contributed by atoms with Gasteiger partial charge in [-0.3, -0.25) is 13.6 Å². The predicted octanol–water partition coefficient (Wildman–Crippen LogP) is 6.63. The van der Waals surface area contributed by atoms with Crippen LogP contribution in [0.15, 0.2) is 0 Å². The van der Waals surface area contributed by atoms with Crippen LogP contribution in [0.4, 0.5) is 0 Å². The van der Waals surface area contributed by atoms with E-state index in [1.807, 2.05) is 0 Å². The van der Waals surface area contributed by atoms with Gasteiger partial charge in [0.1, 0.15) is 0 Å². The predicted molar refractivity (Wildman–Crippen MR) is 87.0 cm³/mol. The van der Waals surface area contributed by atoms with Crippen molar-refractivity contribution in [2.45, 2.75) is 108 Å². The zero-order valence-corrected chi connectivity index (χ0v) is 13.6. The average molecular weight is 279 g/mol. The van der Waals surface area contributed by atoms with Crippen LogP contribution in [0.1, 0.15) is 96.3 Å². The van der Waals surface area contributed by atoms with E-state index in [1.165, 1.54) is 44.9 Å². The Hall–Kier alpha value is 0.430. The van der Waals surface area contributed by atoms with Gasteiger partial charge in [-0.2, -0.15) is 12.8 Å². The molecule has 0 bridgehead atoms. The SMILES string of the molecule is C1CC[C-](P(C2CCCCC2)C2CCCCC2)CC1. The molecule has 3 fully saturated rings. The van der Waals surface area contributed by atoms with Crippen LogP contribution in [0.2, 0.25) is 0 Å². The Labute approximate surface area is 121 Å². The van der Waals surface area contributed by atoms with Gasteiger partial charge in [-0.05, 0) is 37.0 Å². The van der Waals surface area contributed by atoms with Crippen molar-refractivity contribution in [3.05, 3.63) is 5.66 Å². The molecule has 0 N–H and O–H groups in total. The molecule has 0 atom stereocenters. The lowest BCUT2D eigenvalue weighted by molar-refractivity contribution is 0.478. The number of rotatable bonds is 3. The molecule has 0 heterocycles. The van der Waals surface area contributed by atoms with Gasteiger partial charge in [0, 0.05) is 0 Å². The molecule has 0 radical (unpaired) electrons. The van der Waals surface area contributed by atoms with Gasteiger partial charge in [0.15, 0.2) is 0 Å². The van der Waals surface area contributed by atoms with E-state index < -0.39 is 0 Å². The highest BCUT2D eigenvalue weighted by molar-refractivity contribution is 7.62. The van der Waals surface area contributed by atoms with Crippen LogP contribution >= 0.6 is 7.92 Å². The van der Waals surface area contributed by atoms with Crippen LogP contribution in [0.5, 0.6) is 0 Å². The molecule has 110 valence electrons. The molecular weight excluding hydrogens is 247 g/mol. The van der Waals surface area contributed by atoms with Crippen molar-refractivity contribution < 1.29 is 0 Å². The van der Waals surface area contributed by atoms with E-state index in [-0.39, 0.29) is 0 Å². The molecule has 3 aliphatic carbocycles. The van der Waals surface area contributed by atoms with Crippen molar-refractivity contribution in [2.24, 2.45) is 0 Å². The monoisotopic (exact) mass is 279 g/mol. The summed E-state index contributed by atoms with van der Waals surface area (Å²) in [7, 11) is 0.302. The Morgan fingerprint density at radius 3 is 1.42 bits per heavy atom. The fourth-order valence-corrected chi connectivity index (χ4v) is 9.06. The first-order valence-electron chi connectivity index (χ1n) is 9.08. The highest BCUT2D eigenvalue weighted by Gasteiger charge is 2.28. The van der Waals surface area contributed by atoms with Gasteiger partial charge in [-0.1, -0.05) is 57.8 Å². The first kappa shape index (κ1) is 14.4. The van der Waals surface area contributed by atoms with E-state index >= 15 is 0 Å². The maximum Gasteiger partial charge on any atom is -0.0486 e. The van der Waals surface area contributed by atoms with E-state index in [4.69, 9.17) is 0 Å². The maximum absolute atomic E-state index is 2.10. The first-order chi connectivity index (χ1) is 9.45. The van der Waals surface area contributed by atoms with E-state index in [9.17, 15) is 0 Å². The zero-order valence-electron chi connectivity index (χ0n) is 12.7. The van der Waals surface area contributed by atoms with Crippen LogP contribution < -0.4 is 0 Å². The number of hydrogen-bond acceptors (Lipinski definition) is 0. The topological polar surface area (TPSA) is 0 Å². The second-order valence-corrected chi connectivity index (χ2v) is 10.0. The lowest BCUT2D eigenvalue weighted by Crippen LogP contribution is -2.24. The molecule has 3 aliphatic rings. The van der Waals surface area contributed by atoms with Gasteiger partial charge in [-0.15, -0.1) is 0 Å². The van der Waals surface area contributed by atoms with Crippen LogP contribution in [0, 0.1) is 5.66 Å². The summed E-state index contributed by atoms with van der Waals surface area (Å²) in [6.45, 7) is 0. The maximum atomic E-state index is 2.10. The van der Waals surface area contributed by atoms with Gasteiger partial charge in [0.2, 0.25) is 0 Å². The minimum absolute atomic E-state index is 0.302. The Balaban J connectivity index is 1.68. The molecule has 0 unspecified atom stereocenters. The van der Waals surface area contributed by atoms with E-state index in [0.717, 1.165) is 11.3 Å². The molecule has 1 heteroatoms. The number of hydrogen-bond donors (Lipinski definition) is 0. The summed E-state index contributed by atoms with van der Waals surface area (Å²) in [5.41, 5.74) is 4.40. The Kier molecular flexibility index (Phi) is 5.63. The Bertz CT molecular complexity index is 202. The minimum atomic E-state index is 0.302. The molecule has 0 aromatic rings. The highest BCUT2D eigenvalue weighted by atomic mass is 31.1. The zero-order chi connectivity index (χ0) is 12.9. The smallest absolute Gasteiger partial charge is 0.0486 e. The fraction of sp³-hybridized carbons (Fsp3) is 0.944. The summed E-state index contributed by atoms with van der Waals surface area (Å²) in [5.74, 6) is 0. The molecule has 0 aromatic carbocycles. The minimum Gasteiger partial charge on any atom is -0.287 e. The van der Waals surface area contributed by atoms with Crippen molar-refractivity contribution in [2.75, 3.05) is 0 Å². The van der Waals surface area contributed by atoms with Crippen molar-refractivity contribution >= 4 is 7.92 Å². The molecule has 0 aromatic heterocycles. The normalized spacial score (nSPS) is 28.9. The third-order valence-electron chi connectivity index (χ3n) is 5.73. The molecule has 0 aliphatic heterocycles. The first-order valence-corrected chi connectivity index (χ1v) is 10.6. The van der Waals surface area contributed by atoms with Gasteiger partial charge >= 0.3 is 0 Å². The van der Waals surface area contributed by atoms with E-state index in [2.05, 4.69) is 5.66 Å². The highest BCUT2D eigenvalue weighted by Crippen LogP contribution is 2.65. The van der Waals surface area contributed by atoms with E-state index in [1.54, 1.807) is 51.4 Å². The quantitative estimate of drug-likeness (QED) is 0.402. The van der Waals surface area contributed by atoms with Crippen molar-refractivity contribution in [3.63, 3.8) is 0 Å². The molecule has 0 spiro atoms. The fourth-order valence-electron chi connectivity index (χ4n) is 4.75. The molecule has 3 saturated carbocycles. The Morgan fingerprint density at radius 1 is 0.526 bits per heavy atom. The third-order valence-corrected chi connectivity index (χ3v) is 9.52. The van der Waals surface area contributed by atoms with Gasteiger partial charge < -0.3 is 0 Å². The lowest BCUT2D eigenvalue weighted by atomic mass is 9.99. The molecule has 0 saturated heterocycles. The summed E-state index contributed by atoms with van der Waals surface area (Å²) < 4.78 is 0. The summed E-state index contributed by atoms with van der Waals surface area (Å²) in [4.78, 5) is 0. The van der Waals surface area contributed by atoms with Gasteiger partial charge in [0.25, 0.3) is 0 Å². The molecule has 0 amide bonds. The second kappa shape index (κ2) is 7.44. The van der Waals surface area contributed by atoms with Crippen LogP contribution in [-0.2, 0) is 0 Å². The van der Waals surface area contributed by atoms with E-state index in [0.29, 0.717) is 7.92 Å². The Morgan fingerprint density at radius 2 is 0.947 bits per heavy atom. The van der Waals surface area contributed by atoms with Crippen molar-refractivity contribution in [1.29, 1.82) is 0 Å². The summed E-state index contributed by atoms with van der Waals surface area (Å²) in [6.07, 6.45) is 23.2. The third kappa shape index (κ3) is 3.75. The standard InChI is InChI=1S/C18H32P/c1-4-10-16(11-5-1)19(17-12-6-2-7-13-17)18-14-8-3-9-15-18/h16-17H,1-15H2/q-1. The summed E-state index contributed by atoms with van der Waals surface area (Å²) >= 11 is 0.